The van der Waals surface area contributed by atoms with E-state index in [9.17, 15) is 0 Å². The summed E-state index contributed by atoms with van der Waals surface area (Å²) in [6.07, 6.45) is 27.9. The summed E-state index contributed by atoms with van der Waals surface area (Å²) in [6, 6.07) is 0. The smallest absolute Gasteiger partial charge is 0.285 e. The fourth-order valence-corrected chi connectivity index (χ4v) is 6.05. The third kappa shape index (κ3) is 11.0. The van der Waals surface area contributed by atoms with Crippen molar-refractivity contribution >= 4 is 0 Å². The van der Waals surface area contributed by atoms with E-state index >= 15 is 0 Å². The van der Waals surface area contributed by atoms with Crippen molar-refractivity contribution in [3.05, 3.63) is 0 Å². The van der Waals surface area contributed by atoms with E-state index in [0.29, 0.717) is 18.1 Å². The number of ether oxygens (including phenoxy) is 4. The van der Waals surface area contributed by atoms with Crippen LogP contribution in [-0.4, -0.2) is 39.5 Å². The Morgan fingerprint density at radius 2 is 1.18 bits per heavy atom. The van der Waals surface area contributed by atoms with Gasteiger partial charge in [-0.2, -0.15) is 0 Å². The van der Waals surface area contributed by atoms with E-state index in [1.807, 2.05) is 0 Å². The van der Waals surface area contributed by atoms with Gasteiger partial charge in [-0.1, -0.05) is 103 Å². The third-order valence-corrected chi connectivity index (χ3v) is 8.29. The van der Waals surface area contributed by atoms with Crippen molar-refractivity contribution in [2.75, 3.05) is 21.3 Å². The quantitative estimate of drug-likeness (QED) is 0.0908. The zero-order valence-corrected chi connectivity index (χ0v) is 22.6. The molecule has 4 nitrogen and oxygen atoms in total. The molecule has 1 heterocycles. The van der Waals surface area contributed by atoms with Gasteiger partial charge in [0.25, 0.3) is 5.97 Å². The Bertz CT molecular complexity index is 456. The number of rotatable bonds is 22. The van der Waals surface area contributed by atoms with Gasteiger partial charge in [-0.25, -0.2) is 0 Å². The molecule has 33 heavy (non-hydrogen) atoms. The number of hydrogen-bond donors (Lipinski definition) is 0. The van der Waals surface area contributed by atoms with Crippen molar-refractivity contribution < 1.29 is 18.9 Å². The Morgan fingerprint density at radius 3 is 1.70 bits per heavy atom. The maximum Gasteiger partial charge on any atom is 0.285 e. The van der Waals surface area contributed by atoms with Crippen LogP contribution >= 0.6 is 0 Å². The first kappa shape index (κ1) is 29.1. The summed E-state index contributed by atoms with van der Waals surface area (Å²) in [5.41, 5.74) is 0. The van der Waals surface area contributed by atoms with Gasteiger partial charge in [0.2, 0.25) is 0 Å². The molecule has 0 aromatic carbocycles. The first-order valence-electron chi connectivity index (χ1n) is 14.5. The molecule has 2 fully saturated rings. The lowest BCUT2D eigenvalue weighted by Gasteiger charge is -2.36. The molecule has 0 radical (unpaired) electrons. The summed E-state index contributed by atoms with van der Waals surface area (Å²) in [6.45, 7) is 2.27. The third-order valence-electron chi connectivity index (χ3n) is 8.29. The van der Waals surface area contributed by atoms with E-state index < -0.39 is 5.97 Å². The van der Waals surface area contributed by atoms with Crippen LogP contribution in [0.15, 0.2) is 0 Å². The Morgan fingerprint density at radius 1 is 0.667 bits per heavy atom. The van der Waals surface area contributed by atoms with Gasteiger partial charge in [0.05, 0.1) is 12.2 Å². The molecule has 1 saturated carbocycles. The molecule has 1 aliphatic carbocycles. The number of hydrogen-bond acceptors (Lipinski definition) is 4. The van der Waals surface area contributed by atoms with E-state index in [2.05, 4.69) is 6.92 Å². The van der Waals surface area contributed by atoms with Crippen LogP contribution in [0.5, 0.6) is 0 Å². The summed E-state index contributed by atoms with van der Waals surface area (Å²) in [4.78, 5) is 0. The summed E-state index contributed by atoms with van der Waals surface area (Å²) >= 11 is 0. The van der Waals surface area contributed by atoms with Gasteiger partial charge in [-0.15, -0.1) is 0 Å². The van der Waals surface area contributed by atoms with E-state index in [1.54, 1.807) is 21.3 Å². The molecule has 0 N–H and O–H groups in total. The maximum atomic E-state index is 5.73. The highest BCUT2D eigenvalue weighted by Gasteiger charge is 2.43. The van der Waals surface area contributed by atoms with Crippen molar-refractivity contribution in [1.29, 1.82) is 0 Å². The van der Waals surface area contributed by atoms with E-state index in [0.717, 1.165) is 18.8 Å². The second kappa shape index (κ2) is 17.3. The first-order chi connectivity index (χ1) is 16.2. The lowest BCUT2D eigenvalue weighted by molar-refractivity contribution is -0.380. The number of fused-ring (bicyclic) bond motifs is 1. The fourth-order valence-electron chi connectivity index (χ4n) is 6.05. The van der Waals surface area contributed by atoms with Gasteiger partial charge in [0, 0.05) is 27.2 Å². The molecule has 4 heteroatoms. The second-order valence-corrected chi connectivity index (χ2v) is 10.8. The molecular weight excluding hydrogens is 412 g/mol. The lowest BCUT2D eigenvalue weighted by atomic mass is 9.85. The lowest BCUT2D eigenvalue weighted by Crippen LogP contribution is -2.44. The zero-order valence-electron chi connectivity index (χ0n) is 22.6. The molecule has 1 saturated heterocycles. The normalized spacial score (nSPS) is 23.5. The highest BCUT2D eigenvalue weighted by Crippen LogP contribution is 2.41. The molecule has 0 aromatic heterocycles. The molecule has 0 amide bonds. The number of methoxy groups -OCH3 is 3. The van der Waals surface area contributed by atoms with Gasteiger partial charge in [-0.05, 0) is 38.0 Å². The van der Waals surface area contributed by atoms with Crippen LogP contribution in [0.4, 0.5) is 0 Å². The fraction of sp³-hybridized carbons (Fsp3) is 1.00. The monoisotopic (exact) mass is 468 g/mol. The minimum Gasteiger partial charge on any atom is -0.370 e. The number of unbranched alkanes of at least 4 members (excludes halogenated alkanes) is 12. The molecule has 0 aromatic rings. The molecule has 4 atom stereocenters. The van der Waals surface area contributed by atoms with Crippen LogP contribution in [-0.2, 0) is 18.9 Å². The zero-order chi connectivity index (χ0) is 23.8. The average molecular weight is 469 g/mol. The van der Waals surface area contributed by atoms with Gasteiger partial charge in [0.15, 0.2) is 0 Å². The van der Waals surface area contributed by atoms with Crippen molar-refractivity contribution in [1.82, 2.24) is 0 Å². The molecular formula is C29H56O4. The summed E-state index contributed by atoms with van der Waals surface area (Å²) in [5, 5.41) is 0. The minimum atomic E-state index is -0.881. The average Bonchev–Trinajstić information content (AvgIpc) is 3.62. The van der Waals surface area contributed by atoms with E-state index in [-0.39, 0.29) is 0 Å². The van der Waals surface area contributed by atoms with Crippen molar-refractivity contribution in [2.24, 2.45) is 11.8 Å². The highest BCUT2D eigenvalue weighted by atomic mass is 16.9. The van der Waals surface area contributed by atoms with Gasteiger partial charge in [0.1, 0.15) is 0 Å². The van der Waals surface area contributed by atoms with Crippen molar-refractivity contribution in [3.8, 4) is 0 Å². The molecule has 0 spiro atoms. The Balaban J connectivity index is 1.50. The Labute approximate surface area is 205 Å². The largest absolute Gasteiger partial charge is 0.370 e. The molecule has 1 aliphatic heterocycles. The predicted molar refractivity (Wildman–Crippen MR) is 137 cm³/mol. The summed E-state index contributed by atoms with van der Waals surface area (Å²) < 4.78 is 22.9. The van der Waals surface area contributed by atoms with Gasteiger partial charge in [-0.3, -0.25) is 0 Å². The van der Waals surface area contributed by atoms with Crippen molar-refractivity contribution in [2.45, 2.75) is 154 Å². The van der Waals surface area contributed by atoms with Crippen molar-refractivity contribution in [3.63, 3.8) is 0 Å². The standard InChI is InChI=1S/C29H56O4/c1-5-6-7-8-14-17-20-26(29(30-2,31-3)32-4)21-18-15-12-10-9-11-13-16-19-25-22-23-27-28(24-25)33-27/h25-28H,5-24H2,1-4H3. The van der Waals surface area contributed by atoms with Crippen LogP contribution in [0.25, 0.3) is 0 Å². The highest BCUT2D eigenvalue weighted by molar-refractivity contribution is 4.91. The van der Waals surface area contributed by atoms with Crippen LogP contribution < -0.4 is 0 Å². The van der Waals surface area contributed by atoms with Crippen LogP contribution in [0.2, 0.25) is 0 Å². The summed E-state index contributed by atoms with van der Waals surface area (Å²) in [7, 11) is 5.14. The first-order valence-corrected chi connectivity index (χ1v) is 14.5. The Hall–Kier alpha value is -0.160. The SMILES string of the molecule is CCCCCCCCC(CCCCCCCCCCC1CCC2OC2C1)C(OC)(OC)OC. The minimum absolute atomic E-state index is 0.305. The summed E-state index contributed by atoms with van der Waals surface area (Å²) in [5.74, 6) is 0.380. The van der Waals surface area contributed by atoms with Crippen LogP contribution in [0.1, 0.15) is 135 Å². The molecule has 0 bridgehead atoms. The second-order valence-electron chi connectivity index (χ2n) is 10.8. The van der Waals surface area contributed by atoms with Gasteiger partial charge < -0.3 is 18.9 Å². The maximum absolute atomic E-state index is 5.73. The molecule has 2 rings (SSSR count). The number of epoxide rings is 1. The molecule has 2 aliphatic rings. The molecule has 4 unspecified atom stereocenters. The molecule has 196 valence electrons. The Kier molecular flexibility index (Phi) is 15.2. The van der Waals surface area contributed by atoms with Gasteiger partial charge >= 0.3 is 0 Å². The topological polar surface area (TPSA) is 40.2 Å². The van der Waals surface area contributed by atoms with Crippen LogP contribution in [0, 0.1) is 11.8 Å². The van der Waals surface area contributed by atoms with Crippen LogP contribution in [0.3, 0.4) is 0 Å². The van der Waals surface area contributed by atoms with E-state index in [4.69, 9.17) is 18.9 Å². The van der Waals surface area contributed by atoms with E-state index in [1.165, 1.54) is 116 Å². The predicted octanol–water partition coefficient (Wildman–Crippen LogP) is 8.41.